The number of carbonyl (C=O) groups is 1. The average molecular weight is 418 g/mol. The Morgan fingerprint density at radius 3 is 2.67 bits per heavy atom. The summed E-state index contributed by atoms with van der Waals surface area (Å²) < 4.78 is 1.85. The van der Waals surface area contributed by atoms with Crippen molar-refractivity contribution in [1.29, 1.82) is 0 Å². The summed E-state index contributed by atoms with van der Waals surface area (Å²) in [5.74, 6) is 0.646. The van der Waals surface area contributed by atoms with Crippen molar-refractivity contribution in [2.24, 2.45) is 5.41 Å². The Balaban J connectivity index is 2.50. The van der Waals surface area contributed by atoms with E-state index in [4.69, 9.17) is 11.6 Å². The van der Waals surface area contributed by atoms with Crippen LogP contribution in [0, 0.1) is 5.41 Å². The highest BCUT2D eigenvalue weighted by Crippen LogP contribution is 2.32. The molecule has 0 unspecified atom stereocenters. The molecule has 1 aromatic heterocycles. The van der Waals surface area contributed by atoms with E-state index >= 15 is 0 Å². The van der Waals surface area contributed by atoms with Crippen LogP contribution in [0.5, 0.6) is 0 Å². The molecule has 1 heterocycles. The molecule has 18 heavy (non-hydrogen) atoms. The molecule has 0 aliphatic rings. The van der Waals surface area contributed by atoms with Crippen LogP contribution in [-0.4, -0.2) is 18.3 Å². The largest absolute Gasteiger partial charge is 0.351 e. The maximum Gasteiger partial charge on any atom is 0.261 e. The second-order valence-electron chi connectivity index (χ2n) is 4.87. The average Bonchev–Trinajstić information content (AvgIpc) is 2.64. The zero-order valence-electron chi connectivity index (χ0n) is 10.4. The van der Waals surface area contributed by atoms with E-state index in [9.17, 15) is 4.79 Å². The molecule has 0 atom stereocenters. The van der Waals surface area contributed by atoms with Gasteiger partial charge in [0.1, 0.15) is 0 Å². The number of hydrogen-bond acceptors (Lipinski definition) is 2. The predicted octanol–water partition coefficient (Wildman–Crippen LogP) is 5.05. The Kier molecular flexibility index (Phi) is 6.65. The molecule has 0 fully saturated rings. The molecule has 0 spiro atoms. The van der Waals surface area contributed by atoms with Crippen LogP contribution < -0.4 is 5.32 Å². The Morgan fingerprint density at radius 1 is 1.50 bits per heavy atom. The number of hydrogen-bond donors (Lipinski definition) is 1. The molecule has 102 valence electrons. The lowest BCUT2D eigenvalue weighted by atomic mass is 9.88. The lowest BCUT2D eigenvalue weighted by Gasteiger charge is -2.24. The van der Waals surface area contributed by atoms with E-state index in [0.29, 0.717) is 17.3 Å². The number of amides is 1. The number of thiophene rings is 1. The third-order valence-corrected chi connectivity index (χ3v) is 6.11. The molecule has 1 N–H and O–H groups in total. The van der Waals surface area contributed by atoms with E-state index in [2.05, 4.69) is 51.0 Å². The number of nitrogens with one attached hydrogen (secondary N) is 1. The van der Waals surface area contributed by atoms with Crippen LogP contribution in [0.4, 0.5) is 0 Å². The molecular weight excluding hydrogens is 401 g/mol. The molecule has 0 bridgehead atoms. The maximum absolute atomic E-state index is 12.0. The number of carbonyl (C=O) groups excluding carboxylic acids is 1. The van der Waals surface area contributed by atoms with Crippen molar-refractivity contribution in [2.75, 3.05) is 12.4 Å². The second kappa shape index (κ2) is 7.27. The predicted molar refractivity (Wildman–Crippen MR) is 85.8 cm³/mol. The van der Waals surface area contributed by atoms with Crippen molar-refractivity contribution in [3.8, 4) is 0 Å². The topological polar surface area (TPSA) is 29.1 Å². The smallest absolute Gasteiger partial charge is 0.261 e. The molecule has 1 amide bonds. The van der Waals surface area contributed by atoms with Gasteiger partial charge in [0.2, 0.25) is 0 Å². The third kappa shape index (κ3) is 5.19. The highest BCUT2D eigenvalue weighted by Gasteiger charge is 2.19. The standard InChI is InChI=1S/C12H16Br2ClNOS/c1-12(2,4-3-5-15)7-16-11(17)9-6-8(13)10(14)18-9/h6H,3-5,7H2,1-2H3,(H,16,17). The van der Waals surface area contributed by atoms with Gasteiger partial charge in [0.15, 0.2) is 0 Å². The van der Waals surface area contributed by atoms with E-state index in [1.54, 1.807) is 0 Å². The van der Waals surface area contributed by atoms with Crippen molar-refractivity contribution in [3.63, 3.8) is 0 Å². The van der Waals surface area contributed by atoms with Crippen LogP contribution in [0.2, 0.25) is 0 Å². The normalized spacial score (nSPS) is 11.6. The first-order valence-electron chi connectivity index (χ1n) is 5.65. The molecule has 0 aromatic carbocycles. The fraction of sp³-hybridized carbons (Fsp3) is 0.583. The third-order valence-electron chi connectivity index (χ3n) is 2.58. The van der Waals surface area contributed by atoms with E-state index < -0.39 is 0 Å². The lowest BCUT2D eigenvalue weighted by Crippen LogP contribution is -2.33. The van der Waals surface area contributed by atoms with Crippen LogP contribution in [0.15, 0.2) is 14.3 Å². The summed E-state index contributed by atoms with van der Waals surface area (Å²) in [5.41, 5.74) is 0.0796. The summed E-state index contributed by atoms with van der Waals surface area (Å²) in [7, 11) is 0. The maximum atomic E-state index is 12.0. The molecule has 0 saturated heterocycles. The van der Waals surface area contributed by atoms with E-state index in [-0.39, 0.29) is 11.3 Å². The SMILES string of the molecule is CC(C)(CCCCl)CNC(=O)c1cc(Br)c(Br)s1. The molecular formula is C12H16Br2ClNOS. The molecule has 0 aliphatic carbocycles. The van der Waals surface area contributed by atoms with Crippen LogP contribution in [0.3, 0.4) is 0 Å². The molecule has 1 rings (SSSR count). The lowest BCUT2D eigenvalue weighted by molar-refractivity contribution is 0.0938. The Labute approximate surface area is 134 Å². The first-order valence-corrected chi connectivity index (χ1v) is 8.58. The number of halogens is 3. The van der Waals surface area contributed by atoms with Crippen molar-refractivity contribution < 1.29 is 4.79 Å². The van der Waals surface area contributed by atoms with Gasteiger partial charge < -0.3 is 5.32 Å². The minimum atomic E-state index is -0.0228. The summed E-state index contributed by atoms with van der Waals surface area (Å²) >= 11 is 13.9. The van der Waals surface area contributed by atoms with Crippen LogP contribution in [0.1, 0.15) is 36.4 Å². The highest BCUT2D eigenvalue weighted by atomic mass is 79.9. The van der Waals surface area contributed by atoms with Gasteiger partial charge >= 0.3 is 0 Å². The number of rotatable bonds is 6. The van der Waals surface area contributed by atoms with Gasteiger partial charge in [-0.3, -0.25) is 4.79 Å². The quantitative estimate of drug-likeness (QED) is 0.645. The first kappa shape index (κ1) is 16.5. The van der Waals surface area contributed by atoms with Crippen molar-refractivity contribution in [2.45, 2.75) is 26.7 Å². The van der Waals surface area contributed by atoms with Gasteiger partial charge in [-0.1, -0.05) is 13.8 Å². The minimum absolute atomic E-state index is 0.0228. The van der Waals surface area contributed by atoms with Crippen LogP contribution in [0.25, 0.3) is 0 Å². The fourth-order valence-corrected chi connectivity index (χ4v) is 3.58. The summed E-state index contributed by atoms with van der Waals surface area (Å²) in [6, 6.07) is 1.83. The first-order chi connectivity index (χ1) is 8.35. The van der Waals surface area contributed by atoms with Gasteiger partial charge in [-0.15, -0.1) is 22.9 Å². The van der Waals surface area contributed by atoms with E-state index in [0.717, 1.165) is 21.1 Å². The highest BCUT2D eigenvalue weighted by molar-refractivity contribution is 9.13. The van der Waals surface area contributed by atoms with Crippen molar-refractivity contribution in [3.05, 3.63) is 19.2 Å². The van der Waals surface area contributed by atoms with Crippen LogP contribution in [-0.2, 0) is 0 Å². The summed E-state index contributed by atoms with van der Waals surface area (Å²) in [4.78, 5) is 12.7. The molecule has 6 heteroatoms. The van der Waals surface area contributed by atoms with Gasteiger partial charge in [-0.25, -0.2) is 0 Å². The van der Waals surface area contributed by atoms with Gasteiger partial charge in [0.25, 0.3) is 5.91 Å². The monoisotopic (exact) mass is 415 g/mol. The van der Waals surface area contributed by atoms with Crippen LogP contribution >= 0.6 is 54.8 Å². The molecule has 0 radical (unpaired) electrons. The minimum Gasteiger partial charge on any atom is -0.351 e. The molecule has 0 saturated carbocycles. The van der Waals surface area contributed by atoms with Gasteiger partial charge in [-0.05, 0) is 56.2 Å². The van der Waals surface area contributed by atoms with Crippen molar-refractivity contribution >= 4 is 60.7 Å². The summed E-state index contributed by atoms with van der Waals surface area (Å²) in [5, 5.41) is 2.98. The zero-order valence-corrected chi connectivity index (χ0v) is 15.1. The van der Waals surface area contributed by atoms with Gasteiger partial charge in [0.05, 0.1) is 8.66 Å². The fourth-order valence-electron chi connectivity index (χ4n) is 1.50. The molecule has 2 nitrogen and oxygen atoms in total. The van der Waals surface area contributed by atoms with E-state index in [1.807, 2.05) is 6.07 Å². The van der Waals surface area contributed by atoms with Crippen molar-refractivity contribution in [1.82, 2.24) is 5.32 Å². The van der Waals surface area contributed by atoms with Gasteiger partial charge in [0, 0.05) is 16.9 Å². The molecule has 1 aromatic rings. The Morgan fingerprint density at radius 2 is 2.17 bits per heavy atom. The molecule has 0 aliphatic heterocycles. The Bertz CT molecular complexity index is 401. The number of alkyl halides is 1. The zero-order chi connectivity index (χ0) is 13.8. The van der Waals surface area contributed by atoms with Gasteiger partial charge in [-0.2, -0.15) is 0 Å². The summed E-state index contributed by atoms with van der Waals surface area (Å²) in [6.07, 6.45) is 1.98. The van der Waals surface area contributed by atoms with E-state index in [1.165, 1.54) is 11.3 Å². The Hall–Kier alpha value is 0.420. The summed E-state index contributed by atoms with van der Waals surface area (Å²) in [6.45, 7) is 4.94. The second-order valence-corrected chi connectivity index (χ2v) is 8.47.